The van der Waals surface area contributed by atoms with Crippen LogP contribution in [0.25, 0.3) is 10.9 Å². The molecule has 0 saturated heterocycles. The smallest absolute Gasteiger partial charge is 0.405 e. The highest BCUT2D eigenvalue weighted by Crippen LogP contribution is 2.29. The van der Waals surface area contributed by atoms with Gasteiger partial charge in [-0.15, -0.1) is 0 Å². The number of rotatable bonds is 15. The minimum absolute atomic E-state index is 0.00505. The molecule has 6 N–H and O–H groups in total. The molecule has 0 bridgehead atoms. The van der Waals surface area contributed by atoms with Gasteiger partial charge in [0.2, 0.25) is 5.56 Å². The molecule has 2 atom stereocenters. The summed E-state index contributed by atoms with van der Waals surface area (Å²) in [5, 5.41) is 37.0. The molecule has 5 aromatic rings. The fraction of sp³-hybridized carbons (Fsp3) is 0.293. The lowest BCUT2D eigenvalue weighted by Gasteiger charge is -2.29. The third-order valence-corrected chi connectivity index (χ3v) is 9.58. The van der Waals surface area contributed by atoms with Crippen molar-refractivity contribution in [2.24, 2.45) is 0 Å². The number of phenols is 1. The maximum absolute atomic E-state index is 13.8. The van der Waals surface area contributed by atoms with E-state index < -0.39 is 18.2 Å². The van der Waals surface area contributed by atoms with E-state index in [-0.39, 0.29) is 36.4 Å². The molecule has 4 aromatic carbocycles. The quantitative estimate of drug-likeness (QED) is 0.0695. The number of benzene rings is 4. The van der Waals surface area contributed by atoms with E-state index in [9.17, 15) is 29.7 Å². The maximum atomic E-state index is 13.8. The van der Waals surface area contributed by atoms with Crippen LogP contribution in [0.2, 0.25) is 0 Å². The van der Waals surface area contributed by atoms with Gasteiger partial charge in [-0.2, -0.15) is 0 Å². The van der Waals surface area contributed by atoms with Crippen LogP contribution >= 0.6 is 0 Å². The molecule has 2 amide bonds. The van der Waals surface area contributed by atoms with Crippen LogP contribution in [0.3, 0.4) is 0 Å². The number of nitrogens with zero attached hydrogens (tertiary/aromatic N) is 1. The van der Waals surface area contributed by atoms with Gasteiger partial charge in [-0.1, -0.05) is 73.5 Å². The van der Waals surface area contributed by atoms with Crippen LogP contribution in [0.1, 0.15) is 76.9 Å². The van der Waals surface area contributed by atoms with Gasteiger partial charge in [0.15, 0.2) is 0 Å². The molecule has 11 nitrogen and oxygen atoms in total. The lowest BCUT2D eigenvalue weighted by molar-refractivity contribution is 0.0678. The Kier molecular flexibility index (Phi) is 11.8. The average molecular weight is 705 g/mol. The number of ether oxygens (including phenoxy) is 1. The summed E-state index contributed by atoms with van der Waals surface area (Å²) < 4.78 is 6.08. The fourth-order valence-corrected chi connectivity index (χ4v) is 6.93. The van der Waals surface area contributed by atoms with E-state index >= 15 is 0 Å². The largest absolute Gasteiger partial charge is 0.506 e. The van der Waals surface area contributed by atoms with Crippen molar-refractivity contribution in [1.29, 1.82) is 0 Å². The average Bonchev–Trinajstić information content (AvgIpc) is 3.70. The highest BCUT2D eigenvalue weighted by atomic mass is 16.5. The predicted molar refractivity (Wildman–Crippen MR) is 199 cm³/mol. The van der Waals surface area contributed by atoms with Crippen molar-refractivity contribution in [2.75, 3.05) is 19.6 Å². The number of nitrogens with one attached hydrogen (secondary N) is 3. The molecule has 0 radical (unpaired) electrons. The second-order valence-corrected chi connectivity index (χ2v) is 13.1. The van der Waals surface area contributed by atoms with Crippen LogP contribution in [-0.2, 0) is 6.61 Å². The Bertz CT molecular complexity index is 2030. The molecule has 1 saturated carbocycles. The zero-order valence-corrected chi connectivity index (χ0v) is 28.8. The van der Waals surface area contributed by atoms with Crippen LogP contribution in [0.4, 0.5) is 4.79 Å². The van der Waals surface area contributed by atoms with Crippen LogP contribution in [0.15, 0.2) is 108 Å². The Morgan fingerprint density at radius 2 is 1.65 bits per heavy atom. The van der Waals surface area contributed by atoms with Crippen molar-refractivity contribution >= 4 is 22.9 Å². The molecule has 1 aliphatic rings. The Hall–Kier alpha value is -5.65. The zero-order chi connectivity index (χ0) is 36.5. The number of aromatic hydroxyl groups is 1. The van der Waals surface area contributed by atoms with Crippen LogP contribution in [0, 0.1) is 0 Å². The van der Waals surface area contributed by atoms with Crippen molar-refractivity contribution in [3.8, 4) is 11.5 Å². The third kappa shape index (κ3) is 8.98. The van der Waals surface area contributed by atoms with Gasteiger partial charge < -0.3 is 40.6 Å². The monoisotopic (exact) mass is 704 g/mol. The number of amides is 2. The zero-order valence-electron chi connectivity index (χ0n) is 28.8. The number of aromatic amines is 1. The molecule has 1 aliphatic carbocycles. The Morgan fingerprint density at radius 1 is 0.904 bits per heavy atom. The van der Waals surface area contributed by atoms with E-state index in [1.54, 1.807) is 12.1 Å². The molecular weight excluding hydrogens is 660 g/mol. The van der Waals surface area contributed by atoms with E-state index in [2.05, 4.69) is 15.6 Å². The van der Waals surface area contributed by atoms with Crippen molar-refractivity contribution < 1.29 is 29.6 Å². The second-order valence-electron chi connectivity index (χ2n) is 13.1. The van der Waals surface area contributed by atoms with E-state index in [1.807, 2.05) is 83.8 Å². The van der Waals surface area contributed by atoms with Crippen LogP contribution < -0.4 is 20.9 Å². The van der Waals surface area contributed by atoms with Crippen molar-refractivity contribution in [3.63, 3.8) is 0 Å². The van der Waals surface area contributed by atoms with Crippen LogP contribution in [-0.4, -0.2) is 62.9 Å². The van der Waals surface area contributed by atoms with Gasteiger partial charge in [0.1, 0.15) is 18.1 Å². The third-order valence-electron chi connectivity index (χ3n) is 9.58. The number of fused-ring (bicyclic) bond motifs is 1. The first-order valence-corrected chi connectivity index (χ1v) is 17.7. The maximum Gasteiger partial charge on any atom is 0.405 e. The molecule has 11 heteroatoms. The Balaban J connectivity index is 1.03. The first-order chi connectivity index (χ1) is 25.3. The summed E-state index contributed by atoms with van der Waals surface area (Å²) in [6, 6.07) is 29.9. The van der Waals surface area contributed by atoms with Gasteiger partial charge in [-0.25, -0.2) is 4.79 Å². The molecule has 1 fully saturated rings. The Morgan fingerprint density at radius 3 is 2.40 bits per heavy atom. The van der Waals surface area contributed by atoms with Gasteiger partial charge >= 0.3 is 6.09 Å². The lowest BCUT2D eigenvalue weighted by Crippen LogP contribution is -2.40. The molecular formula is C41H44N4O7. The number of carboxylic acid groups (broad SMARTS) is 1. The highest BCUT2D eigenvalue weighted by Gasteiger charge is 2.27. The number of hydrogen-bond acceptors (Lipinski definition) is 7. The number of pyridine rings is 1. The Labute approximate surface area is 301 Å². The summed E-state index contributed by atoms with van der Waals surface area (Å²) in [7, 11) is 0. The number of aliphatic hydroxyl groups excluding tert-OH is 1. The van der Waals surface area contributed by atoms with Gasteiger partial charge in [0.05, 0.1) is 17.7 Å². The number of H-pyrrole nitrogens is 1. The SMILES string of the molecule is O=C(O)N[C@@H](c1ccccc1)c1cccc(OCc2ccc(C(=O)N(CCCNC[C@H](O)c3ccc(O)c4[nH]c(=O)ccc34)C3CCCC3)cc2)c1. The summed E-state index contributed by atoms with van der Waals surface area (Å²) in [6.07, 6.45) is 2.89. The summed E-state index contributed by atoms with van der Waals surface area (Å²) in [6.45, 7) is 1.73. The number of carbonyl (C=O) groups excluding carboxylic acids is 1. The summed E-state index contributed by atoms with van der Waals surface area (Å²) in [4.78, 5) is 41.7. The van der Waals surface area contributed by atoms with Gasteiger partial charge in [0.25, 0.3) is 5.91 Å². The van der Waals surface area contributed by atoms with Crippen molar-refractivity contribution in [3.05, 3.63) is 141 Å². The number of aliphatic hydroxyl groups is 1. The van der Waals surface area contributed by atoms with E-state index in [0.29, 0.717) is 47.3 Å². The van der Waals surface area contributed by atoms with Crippen molar-refractivity contribution in [1.82, 2.24) is 20.5 Å². The summed E-state index contributed by atoms with van der Waals surface area (Å²) in [5.41, 5.74) is 3.66. The summed E-state index contributed by atoms with van der Waals surface area (Å²) in [5.74, 6) is 0.547. The minimum Gasteiger partial charge on any atom is -0.506 e. The standard InChI is InChI=1S/C41H44N4O7/c46-35-20-18-33(34-19-21-37(48)43-39(34)35)36(47)25-42-22-7-23-45(31-11-4-5-12-31)40(49)29-16-14-27(15-17-29)26-52-32-13-6-10-30(24-32)38(44-41(50)51)28-8-2-1-3-9-28/h1-3,6,8-10,13-21,24,31,36,38,42,44,46-47H,4-5,7,11-12,22-23,25-26H2,(H,43,48)(H,50,51)/t36-,38-/m0/s1. The summed E-state index contributed by atoms with van der Waals surface area (Å²) >= 11 is 0. The van der Waals surface area contributed by atoms with E-state index in [1.165, 1.54) is 12.1 Å². The molecule has 52 heavy (non-hydrogen) atoms. The van der Waals surface area contributed by atoms with Crippen LogP contribution in [0.5, 0.6) is 11.5 Å². The van der Waals surface area contributed by atoms with E-state index in [0.717, 1.165) is 42.4 Å². The van der Waals surface area contributed by atoms with Gasteiger partial charge in [0, 0.05) is 36.1 Å². The molecule has 270 valence electrons. The predicted octanol–water partition coefficient (Wildman–Crippen LogP) is 6.27. The highest BCUT2D eigenvalue weighted by molar-refractivity contribution is 5.94. The van der Waals surface area contributed by atoms with Gasteiger partial charge in [-0.05, 0) is 84.5 Å². The van der Waals surface area contributed by atoms with Crippen molar-refractivity contribution in [2.45, 2.75) is 56.9 Å². The molecule has 6 rings (SSSR count). The van der Waals surface area contributed by atoms with E-state index in [4.69, 9.17) is 4.74 Å². The first-order valence-electron chi connectivity index (χ1n) is 17.7. The lowest BCUT2D eigenvalue weighted by atomic mass is 9.98. The second kappa shape index (κ2) is 17.0. The molecule has 0 unspecified atom stereocenters. The number of phenolic OH excluding ortho intramolecular Hbond substituents is 1. The topological polar surface area (TPSA) is 164 Å². The number of hydrogen-bond donors (Lipinski definition) is 6. The number of carbonyl (C=O) groups is 2. The molecule has 1 heterocycles. The minimum atomic E-state index is -1.12. The first kappa shape index (κ1) is 36.2. The molecule has 1 aromatic heterocycles. The molecule has 0 aliphatic heterocycles. The van der Waals surface area contributed by atoms with Gasteiger partial charge in [-0.3, -0.25) is 9.59 Å². The normalized spacial score (nSPS) is 14.2. The molecule has 0 spiro atoms. The fourth-order valence-electron chi connectivity index (χ4n) is 6.93. The number of aromatic nitrogens is 1.